The minimum atomic E-state index is -0.00878. The Morgan fingerprint density at radius 3 is 2.53 bits per heavy atom. The van der Waals surface area contributed by atoms with Crippen LogP contribution in [0.15, 0.2) is 36.4 Å². The zero-order valence-electron chi connectivity index (χ0n) is 10.4. The van der Waals surface area contributed by atoms with E-state index < -0.39 is 0 Å². The van der Waals surface area contributed by atoms with E-state index in [2.05, 4.69) is 0 Å². The smallest absolute Gasteiger partial charge is 0.166 e. The SMILES string of the molecule is COc1cc(C(=O)C(C)C)c2ccccc2c1. The van der Waals surface area contributed by atoms with Gasteiger partial charge in [-0.05, 0) is 22.9 Å². The second kappa shape index (κ2) is 4.58. The van der Waals surface area contributed by atoms with Crippen molar-refractivity contribution in [3.63, 3.8) is 0 Å². The Labute approximate surface area is 101 Å². The van der Waals surface area contributed by atoms with Gasteiger partial charge in [0.15, 0.2) is 5.78 Å². The molecule has 0 fully saturated rings. The van der Waals surface area contributed by atoms with Gasteiger partial charge in [-0.2, -0.15) is 0 Å². The van der Waals surface area contributed by atoms with Gasteiger partial charge in [-0.1, -0.05) is 38.1 Å². The van der Waals surface area contributed by atoms with Gasteiger partial charge in [0.25, 0.3) is 0 Å². The highest BCUT2D eigenvalue weighted by Crippen LogP contribution is 2.27. The molecule has 0 radical (unpaired) electrons. The van der Waals surface area contributed by atoms with Crippen LogP contribution < -0.4 is 4.74 Å². The standard InChI is InChI=1S/C15H16O2/c1-10(2)15(16)14-9-12(17-3)8-11-6-4-5-7-13(11)14/h4-10H,1-3H3. The lowest BCUT2D eigenvalue weighted by molar-refractivity contribution is 0.0941. The summed E-state index contributed by atoms with van der Waals surface area (Å²) in [4.78, 5) is 12.2. The molecule has 2 nitrogen and oxygen atoms in total. The number of ether oxygens (including phenoxy) is 1. The summed E-state index contributed by atoms with van der Waals surface area (Å²) in [6.45, 7) is 3.83. The Hall–Kier alpha value is -1.83. The molecule has 0 saturated heterocycles. The van der Waals surface area contributed by atoms with Crippen LogP contribution in [0.25, 0.3) is 10.8 Å². The molecule has 0 heterocycles. The van der Waals surface area contributed by atoms with Crippen molar-refractivity contribution >= 4 is 16.6 Å². The van der Waals surface area contributed by atoms with Crippen LogP contribution in [0.3, 0.4) is 0 Å². The normalized spacial score (nSPS) is 10.8. The van der Waals surface area contributed by atoms with Gasteiger partial charge in [0.1, 0.15) is 5.75 Å². The molecule has 0 amide bonds. The molecular formula is C15H16O2. The summed E-state index contributed by atoms with van der Waals surface area (Å²) in [7, 11) is 1.62. The molecule has 0 aliphatic carbocycles. The highest BCUT2D eigenvalue weighted by Gasteiger charge is 2.15. The average molecular weight is 228 g/mol. The molecule has 0 aliphatic heterocycles. The van der Waals surface area contributed by atoms with Crippen LogP contribution in [0.1, 0.15) is 24.2 Å². The second-order valence-electron chi connectivity index (χ2n) is 4.42. The summed E-state index contributed by atoms with van der Waals surface area (Å²) >= 11 is 0. The van der Waals surface area contributed by atoms with Gasteiger partial charge in [0.2, 0.25) is 0 Å². The van der Waals surface area contributed by atoms with Crippen LogP contribution in [0.5, 0.6) is 5.75 Å². The van der Waals surface area contributed by atoms with Crippen LogP contribution in [-0.4, -0.2) is 12.9 Å². The predicted molar refractivity (Wildman–Crippen MR) is 69.7 cm³/mol. The van der Waals surface area contributed by atoms with Crippen LogP contribution >= 0.6 is 0 Å². The molecule has 2 aromatic carbocycles. The first-order chi connectivity index (χ1) is 8.13. The minimum absolute atomic E-state index is 0.00878. The fourth-order valence-corrected chi connectivity index (χ4v) is 1.92. The summed E-state index contributed by atoms with van der Waals surface area (Å²) in [6.07, 6.45) is 0. The summed E-state index contributed by atoms with van der Waals surface area (Å²) in [5, 5.41) is 2.03. The molecule has 88 valence electrons. The molecular weight excluding hydrogens is 212 g/mol. The average Bonchev–Trinajstić information content (AvgIpc) is 2.36. The maximum Gasteiger partial charge on any atom is 0.166 e. The van der Waals surface area contributed by atoms with Crippen molar-refractivity contribution in [1.82, 2.24) is 0 Å². The van der Waals surface area contributed by atoms with E-state index >= 15 is 0 Å². The molecule has 2 aromatic rings. The number of hydrogen-bond acceptors (Lipinski definition) is 2. The number of carbonyl (C=O) groups excluding carboxylic acids is 1. The number of benzene rings is 2. The molecule has 0 atom stereocenters. The number of carbonyl (C=O) groups is 1. The van der Waals surface area contributed by atoms with E-state index in [4.69, 9.17) is 4.74 Å². The third-order valence-corrected chi connectivity index (χ3v) is 2.86. The molecule has 17 heavy (non-hydrogen) atoms. The summed E-state index contributed by atoms with van der Waals surface area (Å²) in [5.74, 6) is 0.873. The lowest BCUT2D eigenvalue weighted by atomic mass is 9.95. The van der Waals surface area contributed by atoms with Gasteiger partial charge in [-0.25, -0.2) is 0 Å². The summed E-state index contributed by atoms with van der Waals surface area (Å²) in [6, 6.07) is 11.7. The zero-order chi connectivity index (χ0) is 12.4. The Bertz CT molecular complexity index is 556. The minimum Gasteiger partial charge on any atom is -0.497 e. The van der Waals surface area contributed by atoms with E-state index in [0.29, 0.717) is 0 Å². The van der Waals surface area contributed by atoms with Gasteiger partial charge >= 0.3 is 0 Å². The molecule has 0 saturated carbocycles. The molecule has 0 unspecified atom stereocenters. The number of rotatable bonds is 3. The first kappa shape index (κ1) is 11.6. The number of hydrogen-bond donors (Lipinski definition) is 0. The number of ketones is 1. The Morgan fingerprint density at radius 1 is 1.18 bits per heavy atom. The van der Waals surface area contributed by atoms with E-state index in [1.165, 1.54) is 0 Å². The second-order valence-corrected chi connectivity index (χ2v) is 4.42. The van der Waals surface area contributed by atoms with E-state index in [1.54, 1.807) is 7.11 Å². The number of Topliss-reactive ketones (excluding diaryl/α,β-unsaturated/α-hetero) is 1. The highest BCUT2D eigenvalue weighted by molar-refractivity contribution is 6.09. The van der Waals surface area contributed by atoms with Gasteiger partial charge in [-0.3, -0.25) is 4.79 Å². The summed E-state index contributed by atoms with van der Waals surface area (Å²) in [5.41, 5.74) is 0.745. The lowest BCUT2D eigenvalue weighted by Gasteiger charge is -2.10. The first-order valence-electron chi connectivity index (χ1n) is 5.74. The van der Waals surface area contributed by atoms with Crippen LogP contribution in [0, 0.1) is 5.92 Å². The quantitative estimate of drug-likeness (QED) is 0.749. The largest absolute Gasteiger partial charge is 0.497 e. The molecule has 0 aliphatic rings. The monoisotopic (exact) mass is 228 g/mol. The third kappa shape index (κ3) is 2.16. The predicted octanol–water partition coefficient (Wildman–Crippen LogP) is 3.69. The zero-order valence-corrected chi connectivity index (χ0v) is 10.4. The van der Waals surface area contributed by atoms with Crippen molar-refractivity contribution in [2.75, 3.05) is 7.11 Å². The number of methoxy groups -OCH3 is 1. The van der Waals surface area contributed by atoms with E-state index in [9.17, 15) is 4.79 Å². The Morgan fingerprint density at radius 2 is 1.88 bits per heavy atom. The Balaban J connectivity index is 2.71. The third-order valence-electron chi connectivity index (χ3n) is 2.86. The highest BCUT2D eigenvalue weighted by atomic mass is 16.5. The maximum absolute atomic E-state index is 12.2. The van der Waals surface area contributed by atoms with E-state index in [-0.39, 0.29) is 11.7 Å². The van der Waals surface area contributed by atoms with Crippen molar-refractivity contribution in [2.24, 2.45) is 5.92 Å². The molecule has 2 heteroatoms. The van der Waals surface area contributed by atoms with Crippen LogP contribution in [0.2, 0.25) is 0 Å². The molecule has 0 aromatic heterocycles. The van der Waals surface area contributed by atoms with Crippen molar-refractivity contribution in [1.29, 1.82) is 0 Å². The summed E-state index contributed by atoms with van der Waals surface area (Å²) < 4.78 is 5.24. The maximum atomic E-state index is 12.2. The molecule has 0 bridgehead atoms. The van der Waals surface area contributed by atoms with Gasteiger partial charge in [0.05, 0.1) is 7.11 Å². The van der Waals surface area contributed by atoms with E-state index in [1.807, 2.05) is 50.2 Å². The van der Waals surface area contributed by atoms with Crippen molar-refractivity contribution < 1.29 is 9.53 Å². The number of fused-ring (bicyclic) bond motifs is 1. The lowest BCUT2D eigenvalue weighted by Crippen LogP contribution is -2.08. The van der Waals surface area contributed by atoms with Crippen LogP contribution in [-0.2, 0) is 0 Å². The van der Waals surface area contributed by atoms with Gasteiger partial charge in [0, 0.05) is 11.5 Å². The first-order valence-corrected chi connectivity index (χ1v) is 5.74. The molecule has 0 spiro atoms. The van der Waals surface area contributed by atoms with Crippen molar-refractivity contribution in [3.05, 3.63) is 42.0 Å². The molecule has 2 rings (SSSR count). The van der Waals surface area contributed by atoms with Crippen molar-refractivity contribution in [3.8, 4) is 5.75 Å². The van der Waals surface area contributed by atoms with Gasteiger partial charge < -0.3 is 4.74 Å². The van der Waals surface area contributed by atoms with Gasteiger partial charge in [-0.15, -0.1) is 0 Å². The van der Waals surface area contributed by atoms with E-state index in [0.717, 1.165) is 22.1 Å². The Kier molecular flexibility index (Phi) is 3.14. The van der Waals surface area contributed by atoms with Crippen LogP contribution in [0.4, 0.5) is 0 Å². The molecule has 0 N–H and O–H groups in total. The fraction of sp³-hybridized carbons (Fsp3) is 0.267. The fourth-order valence-electron chi connectivity index (χ4n) is 1.92. The van der Waals surface area contributed by atoms with Crippen molar-refractivity contribution in [2.45, 2.75) is 13.8 Å². The topological polar surface area (TPSA) is 26.3 Å².